The number of ether oxygens (including phenoxy) is 2. The number of pyridine rings is 1. The summed E-state index contributed by atoms with van der Waals surface area (Å²) in [5.74, 6) is 1.26. The first-order valence-corrected chi connectivity index (χ1v) is 8.36. The minimum absolute atomic E-state index is 0. The Morgan fingerprint density at radius 2 is 1.77 bits per heavy atom. The number of nitrogens with zero attached hydrogens (tertiary/aromatic N) is 2. The third kappa shape index (κ3) is 7.35. The highest BCUT2D eigenvalue weighted by Gasteiger charge is 2.06. The molecule has 1 aromatic carbocycles. The average Bonchev–Trinajstić information content (AvgIpc) is 2.64. The van der Waals surface area contributed by atoms with Crippen molar-refractivity contribution in [3.05, 3.63) is 58.7 Å². The highest BCUT2D eigenvalue weighted by Crippen LogP contribution is 2.15. The summed E-state index contributed by atoms with van der Waals surface area (Å²) in [5.41, 5.74) is 1.95. The van der Waals surface area contributed by atoms with Gasteiger partial charge in [0.25, 0.3) is 0 Å². The minimum Gasteiger partial charge on any atom is -0.475 e. The summed E-state index contributed by atoms with van der Waals surface area (Å²) in [6, 6.07) is 11.5. The van der Waals surface area contributed by atoms with E-state index in [0.29, 0.717) is 38.1 Å². The molecule has 0 aliphatic rings. The van der Waals surface area contributed by atoms with Crippen molar-refractivity contribution in [2.24, 2.45) is 4.99 Å². The van der Waals surface area contributed by atoms with Crippen LogP contribution in [-0.4, -0.2) is 38.3 Å². The van der Waals surface area contributed by atoms with Crippen molar-refractivity contribution in [2.75, 3.05) is 27.4 Å². The molecule has 0 spiro atoms. The van der Waals surface area contributed by atoms with Gasteiger partial charge in [-0.25, -0.2) is 4.98 Å². The maximum atomic E-state index is 6.17. The van der Waals surface area contributed by atoms with Crippen LogP contribution in [0.3, 0.4) is 0 Å². The van der Waals surface area contributed by atoms with Crippen LogP contribution in [0.15, 0.2) is 47.6 Å². The van der Waals surface area contributed by atoms with Gasteiger partial charge in [0, 0.05) is 44.0 Å². The SMILES string of the molecule is CN=C(NCc1ccccc1Cl)NCc1cccnc1OCCOC.I. The number of nitrogens with one attached hydrogen (secondary N) is 2. The first kappa shape index (κ1) is 22.5. The molecule has 0 amide bonds. The van der Waals surface area contributed by atoms with E-state index in [1.165, 1.54) is 0 Å². The number of aliphatic imine (C=N–C) groups is 1. The molecule has 0 bridgehead atoms. The van der Waals surface area contributed by atoms with Crippen molar-refractivity contribution in [3.63, 3.8) is 0 Å². The van der Waals surface area contributed by atoms with Gasteiger partial charge >= 0.3 is 0 Å². The van der Waals surface area contributed by atoms with Crippen LogP contribution in [0.4, 0.5) is 0 Å². The van der Waals surface area contributed by atoms with E-state index in [1.54, 1.807) is 20.4 Å². The number of hydrogen-bond acceptors (Lipinski definition) is 4. The van der Waals surface area contributed by atoms with Crippen LogP contribution in [0, 0.1) is 0 Å². The molecule has 1 aromatic heterocycles. The molecule has 1 heterocycles. The molecular formula is C18H24ClIN4O2. The van der Waals surface area contributed by atoms with Gasteiger partial charge in [-0.05, 0) is 17.7 Å². The lowest BCUT2D eigenvalue weighted by Crippen LogP contribution is -2.36. The van der Waals surface area contributed by atoms with Crippen LogP contribution in [0.1, 0.15) is 11.1 Å². The summed E-state index contributed by atoms with van der Waals surface area (Å²) in [7, 11) is 3.36. The van der Waals surface area contributed by atoms with Gasteiger partial charge in [-0.2, -0.15) is 0 Å². The van der Waals surface area contributed by atoms with E-state index >= 15 is 0 Å². The Bertz CT molecular complexity index is 700. The summed E-state index contributed by atoms with van der Waals surface area (Å²) in [6.07, 6.45) is 1.70. The van der Waals surface area contributed by atoms with Crippen molar-refractivity contribution in [1.82, 2.24) is 15.6 Å². The highest BCUT2D eigenvalue weighted by atomic mass is 127. The second-order valence-electron chi connectivity index (χ2n) is 5.18. The van der Waals surface area contributed by atoms with Crippen molar-refractivity contribution in [2.45, 2.75) is 13.1 Å². The predicted octanol–water partition coefficient (Wildman–Crippen LogP) is 3.24. The molecule has 0 atom stereocenters. The van der Waals surface area contributed by atoms with Crippen LogP contribution >= 0.6 is 35.6 Å². The number of halogens is 2. The van der Waals surface area contributed by atoms with Gasteiger partial charge in [0.15, 0.2) is 5.96 Å². The van der Waals surface area contributed by atoms with E-state index in [9.17, 15) is 0 Å². The molecule has 2 rings (SSSR count). The molecule has 0 saturated carbocycles. The molecule has 0 saturated heterocycles. The fourth-order valence-corrected chi connectivity index (χ4v) is 2.33. The van der Waals surface area contributed by atoms with E-state index < -0.39 is 0 Å². The third-order valence-corrected chi connectivity index (χ3v) is 3.82. The normalized spacial score (nSPS) is 10.8. The van der Waals surface area contributed by atoms with Gasteiger partial charge in [0.05, 0.1) is 6.61 Å². The van der Waals surface area contributed by atoms with Crippen molar-refractivity contribution >= 4 is 41.5 Å². The molecule has 0 fully saturated rings. The van der Waals surface area contributed by atoms with Crippen LogP contribution in [-0.2, 0) is 17.8 Å². The maximum Gasteiger partial charge on any atom is 0.218 e. The Morgan fingerprint density at radius 1 is 1.08 bits per heavy atom. The second kappa shape index (κ2) is 12.7. The Morgan fingerprint density at radius 3 is 2.46 bits per heavy atom. The molecule has 8 heteroatoms. The summed E-state index contributed by atoms with van der Waals surface area (Å²) in [5, 5.41) is 7.22. The van der Waals surface area contributed by atoms with Gasteiger partial charge in [0.1, 0.15) is 6.61 Å². The number of rotatable bonds is 8. The summed E-state index contributed by atoms with van der Waals surface area (Å²) >= 11 is 6.17. The Hall–Kier alpha value is -1.58. The number of methoxy groups -OCH3 is 1. The molecule has 142 valence electrons. The predicted molar refractivity (Wildman–Crippen MR) is 116 cm³/mol. The fourth-order valence-electron chi connectivity index (χ4n) is 2.13. The van der Waals surface area contributed by atoms with Crippen molar-refractivity contribution < 1.29 is 9.47 Å². The second-order valence-corrected chi connectivity index (χ2v) is 5.59. The zero-order valence-corrected chi connectivity index (χ0v) is 18.0. The van der Waals surface area contributed by atoms with Crippen LogP contribution in [0.2, 0.25) is 5.02 Å². The number of aromatic nitrogens is 1. The summed E-state index contributed by atoms with van der Waals surface area (Å²) in [4.78, 5) is 8.49. The van der Waals surface area contributed by atoms with Gasteiger partial charge < -0.3 is 20.1 Å². The van der Waals surface area contributed by atoms with E-state index in [-0.39, 0.29) is 24.0 Å². The van der Waals surface area contributed by atoms with E-state index in [0.717, 1.165) is 16.1 Å². The molecule has 6 nitrogen and oxygen atoms in total. The van der Waals surface area contributed by atoms with Crippen LogP contribution in [0.25, 0.3) is 0 Å². The molecular weight excluding hydrogens is 467 g/mol. The van der Waals surface area contributed by atoms with Crippen LogP contribution in [0.5, 0.6) is 5.88 Å². The van der Waals surface area contributed by atoms with Gasteiger partial charge in [-0.1, -0.05) is 35.9 Å². The monoisotopic (exact) mass is 490 g/mol. The van der Waals surface area contributed by atoms with E-state index in [1.807, 2.05) is 36.4 Å². The topological polar surface area (TPSA) is 67.8 Å². The van der Waals surface area contributed by atoms with Crippen molar-refractivity contribution in [3.8, 4) is 5.88 Å². The molecule has 0 unspecified atom stereocenters. The molecule has 0 radical (unpaired) electrons. The Labute approximate surface area is 176 Å². The third-order valence-electron chi connectivity index (χ3n) is 3.45. The number of benzene rings is 1. The van der Waals surface area contributed by atoms with Crippen molar-refractivity contribution in [1.29, 1.82) is 0 Å². The lowest BCUT2D eigenvalue weighted by Gasteiger charge is -2.14. The molecule has 26 heavy (non-hydrogen) atoms. The lowest BCUT2D eigenvalue weighted by molar-refractivity contribution is 0.143. The highest BCUT2D eigenvalue weighted by molar-refractivity contribution is 14.0. The molecule has 0 aliphatic heterocycles. The van der Waals surface area contributed by atoms with Gasteiger partial charge in [-0.3, -0.25) is 4.99 Å². The Balaban J connectivity index is 0.00000338. The van der Waals surface area contributed by atoms with Gasteiger partial charge in [0.2, 0.25) is 5.88 Å². The zero-order valence-electron chi connectivity index (χ0n) is 14.9. The minimum atomic E-state index is 0. The maximum absolute atomic E-state index is 6.17. The van der Waals surface area contributed by atoms with E-state index in [4.69, 9.17) is 21.1 Å². The molecule has 2 N–H and O–H groups in total. The lowest BCUT2D eigenvalue weighted by atomic mass is 10.2. The summed E-state index contributed by atoms with van der Waals surface area (Å²) < 4.78 is 10.6. The standard InChI is InChI=1S/C18H23ClN4O2.HI/c1-20-18(22-12-14-6-3-4-8-16(14)19)23-13-15-7-5-9-21-17(15)25-11-10-24-2;/h3-9H,10-13H2,1-2H3,(H2,20,22,23);1H. The fraction of sp³-hybridized carbons (Fsp3) is 0.333. The summed E-state index contributed by atoms with van der Waals surface area (Å²) in [6.45, 7) is 2.10. The first-order valence-electron chi connectivity index (χ1n) is 7.98. The largest absolute Gasteiger partial charge is 0.475 e. The number of guanidine groups is 1. The van der Waals surface area contributed by atoms with Gasteiger partial charge in [-0.15, -0.1) is 24.0 Å². The molecule has 2 aromatic rings. The van der Waals surface area contributed by atoms with E-state index in [2.05, 4.69) is 20.6 Å². The Kier molecular flexibility index (Phi) is 11.0. The smallest absolute Gasteiger partial charge is 0.218 e. The molecule has 0 aliphatic carbocycles. The number of hydrogen-bond donors (Lipinski definition) is 2. The first-order chi connectivity index (χ1) is 12.2. The quantitative estimate of drug-likeness (QED) is 0.257. The zero-order chi connectivity index (χ0) is 17.9. The van der Waals surface area contributed by atoms with Crippen LogP contribution < -0.4 is 15.4 Å². The average molecular weight is 491 g/mol.